The van der Waals surface area contributed by atoms with Gasteiger partial charge in [-0.1, -0.05) is 19.9 Å². The molecule has 1 N–H and O–H groups in total. The van der Waals surface area contributed by atoms with E-state index in [2.05, 4.69) is 48.2 Å². The molecule has 1 atom stereocenters. The molecule has 118 valence electrons. The Morgan fingerprint density at radius 2 is 2.29 bits per heavy atom. The molecule has 2 rings (SSSR count). The van der Waals surface area contributed by atoms with E-state index in [0.29, 0.717) is 18.7 Å². The minimum Gasteiger partial charge on any atom is -0.375 e. The highest BCUT2D eigenvalue weighted by molar-refractivity contribution is 5.13. The van der Waals surface area contributed by atoms with Gasteiger partial charge in [-0.3, -0.25) is 4.98 Å². The van der Waals surface area contributed by atoms with Crippen molar-refractivity contribution in [2.24, 2.45) is 0 Å². The Labute approximate surface area is 128 Å². The molecule has 0 spiro atoms. The number of hydrogen-bond acceptors (Lipinski definition) is 4. The quantitative estimate of drug-likeness (QED) is 0.747. The summed E-state index contributed by atoms with van der Waals surface area (Å²) >= 11 is 0. The first-order valence-electron chi connectivity index (χ1n) is 8.10. The molecule has 1 unspecified atom stereocenters. The maximum absolute atomic E-state index is 5.76. The van der Waals surface area contributed by atoms with E-state index in [-0.39, 0.29) is 0 Å². The molecular formula is C17H29N3O. The molecule has 1 saturated heterocycles. The lowest BCUT2D eigenvalue weighted by Crippen LogP contribution is -2.26. The van der Waals surface area contributed by atoms with Crippen LogP contribution in [0.15, 0.2) is 18.3 Å². The largest absolute Gasteiger partial charge is 0.375 e. The number of aromatic nitrogens is 1. The van der Waals surface area contributed by atoms with Crippen LogP contribution in [0.25, 0.3) is 0 Å². The van der Waals surface area contributed by atoms with E-state index in [9.17, 15) is 0 Å². The molecule has 0 aliphatic carbocycles. The molecule has 4 heteroatoms. The van der Waals surface area contributed by atoms with Crippen molar-refractivity contribution in [3.8, 4) is 0 Å². The standard InChI is InChI=1S/C17H29N3O/c1-14(2)18-11-15-6-7-16(19-12-15)13-21-10-8-17-5-4-9-20(17)3/h6-7,12,14,17-18H,4-5,8-11,13H2,1-3H3. The van der Waals surface area contributed by atoms with Crippen LogP contribution in [0.1, 0.15) is 44.4 Å². The van der Waals surface area contributed by atoms with Crippen LogP contribution in [-0.4, -0.2) is 42.2 Å². The van der Waals surface area contributed by atoms with Gasteiger partial charge in [-0.05, 0) is 44.5 Å². The highest BCUT2D eigenvalue weighted by Crippen LogP contribution is 2.17. The number of rotatable bonds is 8. The minimum atomic E-state index is 0.502. The van der Waals surface area contributed by atoms with Gasteiger partial charge in [0.25, 0.3) is 0 Å². The Bertz CT molecular complexity index is 405. The van der Waals surface area contributed by atoms with Gasteiger partial charge in [0.15, 0.2) is 0 Å². The van der Waals surface area contributed by atoms with Crippen LogP contribution < -0.4 is 5.32 Å². The van der Waals surface area contributed by atoms with Crippen LogP contribution >= 0.6 is 0 Å². The second-order valence-electron chi connectivity index (χ2n) is 6.31. The average Bonchev–Trinajstić information content (AvgIpc) is 2.88. The maximum Gasteiger partial charge on any atom is 0.0887 e. The summed E-state index contributed by atoms with van der Waals surface area (Å²) in [4.78, 5) is 6.91. The maximum atomic E-state index is 5.76. The van der Waals surface area contributed by atoms with Gasteiger partial charge < -0.3 is 15.0 Å². The highest BCUT2D eigenvalue weighted by atomic mass is 16.5. The Hall–Kier alpha value is -0.970. The third-order valence-corrected chi connectivity index (χ3v) is 4.12. The van der Waals surface area contributed by atoms with Crippen LogP contribution in [0.2, 0.25) is 0 Å². The smallest absolute Gasteiger partial charge is 0.0887 e. The van der Waals surface area contributed by atoms with Crippen molar-refractivity contribution in [2.75, 3.05) is 20.2 Å². The van der Waals surface area contributed by atoms with Gasteiger partial charge in [-0.25, -0.2) is 0 Å². The molecule has 0 bridgehead atoms. The molecule has 1 aromatic heterocycles. The van der Waals surface area contributed by atoms with E-state index in [4.69, 9.17) is 4.74 Å². The van der Waals surface area contributed by atoms with Crippen LogP contribution in [0.3, 0.4) is 0 Å². The van der Waals surface area contributed by atoms with E-state index in [1.807, 2.05) is 6.20 Å². The van der Waals surface area contributed by atoms with Crippen molar-refractivity contribution in [1.29, 1.82) is 0 Å². The van der Waals surface area contributed by atoms with Crippen LogP contribution in [0.4, 0.5) is 0 Å². The van der Waals surface area contributed by atoms with Gasteiger partial charge in [0.05, 0.1) is 12.3 Å². The van der Waals surface area contributed by atoms with Crippen molar-refractivity contribution in [1.82, 2.24) is 15.2 Å². The zero-order valence-corrected chi connectivity index (χ0v) is 13.6. The summed E-state index contributed by atoms with van der Waals surface area (Å²) in [5.74, 6) is 0. The second-order valence-corrected chi connectivity index (χ2v) is 6.31. The Morgan fingerprint density at radius 1 is 1.43 bits per heavy atom. The Morgan fingerprint density at radius 3 is 2.90 bits per heavy atom. The molecule has 1 aromatic rings. The molecule has 0 aromatic carbocycles. The van der Waals surface area contributed by atoms with Crippen LogP contribution in [-0.2, 0) is 17.9 Å². The van der Waals surface area contributed by atoms with E-state index < -0.39 is 0 Å². The van der Waals surface area contributed by atoms with Crippen molar-refractivity contribution in [2.45, 2.75) is 58.3 Å². The third-order valence-electron chi connectivity index (χ3n) is 4.12. The molecule has 1 aliphatic heterocycles. The first-order valence-corrected chi connectivity index (χ1v) is 8.10. The summed E-state index contributed by atoms with van der Waals surface area (Å²) in [6, 6.07) is 5.41. The fourth-order valence-electron chi connectivity index (χ4n) is 2.71. The van der Waals surface area contributed by atoms with Gasteiger partial charge in [0, 0.05) is 31.4 Å². The summed E-state index contributed by atoms with van der Waals surface area (Å²) in [5.41, 5.74) is 2.24. The van der Waals surface area contributed by atoms with Gasteiger partial charge in [0.2, 0.25) is 0 Å². The van der Waals surface area contributed by atoms with E-state index >= 15 is 0 Å². The SMILES string of the molecule is CC(C)NCc1ccc(COCCC2CCCN2C)nc1. The molecular weight excluding hydrogens is 262 g/mol. The van der Waals surface area contributed by atoms with E-state index in [1.165, 1.54) is 24.9 Å². The van der Waals surface area contributed by atoms with Crippen LogP contribution in [0, 0.1) is 0 Å². The molecule has 1 fully saturated rings. The predicted octanol–water partition coefficient (Wildman–Crippen LogP) is 2.58. The zero-order valence-electron chi connectivity index (χ0n) is 13.6. The van der Waals surface area contributed by atoms with E-state index in [1.54, 1.807) is 0 Å². The van der Waals surface area contributed by atoms with Gasteiger partial charge >= 0.3 is 0 Å². The average molecular weight is 291 g/mol. The van der Waals surface area contributed by atoms with Crippen molar-refractivity contribution < 1.29 is 4.74 Å². The fourth-order valence-corrected chi connectivity index (χ4v) is 2.71. The highest BCUT2D eigenvalue weighted by Gasteiger charge is 2.19. The van der Waals surface area contributed by atoms with Gasteiger partial charge in [-0.15, -0.1) is 0 Å². The number of nitrogens with zero attached hydrogens (tertiary/aromatic N) is 2. The number of nitrogens with one attached hydrogen (secondary N) is 1. The lowest BCUT2D eigenvalue weighted by molar-refractivity contribution is 0.0993. The molecule has 2 heterocycles. The molecule has 1 aliphatic rings. The third kappa shape index (κ3) is 5.73. The van der Waals surface area contributed by atoms with Crippen molar-refractivity contribution in [3.05, 3.63) is 29.6 Å². The topological polar surface area (TPSA) is 37.4 Å². The first kappa shape index (κ1) is 16.4. The lowest BCUT2D eigenvalue weighted by Gasteiger charge is -2.18. The fraction of sp³-hybridized carbons (Fsp3) is 0.706. The molecule has 4 nitrogen and oxygen atoms in total. The molecule has 0 radical (unpaired) electrons. The van der Waals surface area contributed by atoms with E-state index in [0.717, 1.165) is 25.3 Å². The van der Waals surface area contributed by atoms with Gasteiger partial charge in [-0.2, -0.15) is 0 Å². The molecule has 0 saturated carbocycles. The summed E-state index contributed by atoms with van der Waals surface area (Å²) in [6.45, 7) is 7.86. The minimum absolute atomic E-state index is 0.502. The summed E-state index contributed by atoms with van der Waals surface area (Å²) in [5, 5.41) is 3.39. The number of pyridine rings is 1. The Kier molecular flexibility index (Phi) is 6.61. The number of hydrogen-bond donors (Lipinski definition) is 1. The molecule has 0 amide bonds. The monoisotopic (exact) mass is 291 g/mol. The van der Waals surface area contributed by atoms with Gasteiger partial charge in [0.1, 0.15) is 0 Å². The summed E-state index contributed by atoms with van der Waals surface area (Å²) in [7, 11) is 2.21. The second kappa shape index (κ2) is 8.47. The Balaban J connectivity index is 1.64. The van der Waals surface area contributed by atoms with Crippen molar-refractivity contribution in [3.63, 3.8) is 0 Å². The normalized spacial score (nSPS) is 19.5. The van der Waals surface area contributed by atoms with Crippen molar-refractivity contribution >= 4 is 0 Å². The number of likely N-dealkylation sites (tertiary alicyclic amines) is 1. The zero-order chi connectivity index (χ0) is 15.1. The predicted molar refractivity (Wildman–Crippen MR) is 86.1 cm³/mol. The summed E-state index contributed by atoms with van der Waals surface area (Å²) in [6.07, 6.45) is 5.72. The van der Waals surface area contributed by atoms with Crippen LogP contribution in [0.5, 0.6) is 0 Å². The number of ether oxygens (including phenoxy) is 1. The first-order chi connectivity index (χ1) is 10.1. The molecule has 21 heavy (non-hydrogen) atoms. The lowest BCUT2D eigenvalue weighted by atomic mass is 10.1. The summed E-state index contributed by atoms with van der Waals surface area (Å²) < 4.78 is 5.76.